The summed E-state index contributed by atoms with van der Waals surface area (Å²) in [5, 5.41) is 4.23. The van der Waals surface area contributed by atoms with Gasteiger partial charge in [0.25, 0.3) is 0 Å². The quantitative estimate of drug-likeness (QED) is 0.685. The summed E-state index contributed by atoms with van der Waals surface area (Å²) >= 11 is 5.48. The maximum absolute atomic E-state index is 3.54. The molecule has 16 heavy (non-hydrogen) atoms. The van der Waals surface area contributed by atoms with Crippen LogP contribution in [0.5, 0.6) is 0 Å². The lowest BCUT2D eigenvalue weighted by Crippen LogP contribution is -2.03. The normalized spacial score (nSPS) is 18.7. The lowest BCUT2D eigenvalue weighted by atomic mass is 10.1. The molecule has 1 atom stereocenters. The van der Waals surface area contributed by atoms with Gasteiger partial charge in [-0.25, -0.2) is 0 Å². The first-order chi connectivity index (χ1) is 7.86. The van der Waals surface area contributed by atoms with Crippen molar-refractivity contribution in [3.8, 4) is 0 Å². The van der Waals surface area contributed by atoms with Gasteiger partial charge >= 0.3 is 0 Å². The van der Waals surface area contributed by atoms with E-state index >= 15 is 0 Å². The van der Waals surface area contributed by atoms with Gasteiger partial charge < -0.3 is 0 Å². The molecule has 0 spiro atoms. The standard InChI is InChI=1S/C14H11BrS/c15-9-13-6-5-12-7-10-3-1-2-4-11(10)8-14(12)16-13/h1-8,13H,9H2. The van der Waals surface area contributed by atoms with Crippen molar-refractivity contribution in [2.75, 3.05) is 5.33 Å². The van der Waals surface area contributed by atoms with Crippen LogP contribution in [-0.2, 0) is 0 Å². The van der Waals surface area contributed by atoms with Gasteiger partial charge in [0.1, 0.15) is 0 Å². The second-order valence-corrected chi connectivity index (χ2v) is 5.84. The molecule has 2 heteroatoms. The molecule has 0 aromatic heterocycles. The molecule has 0 bridgehead atoms. The fourth-order valence-electron chi connectivity index (χ4n) is 1.97. The molecule has 0 N–H and O–H groups in total. The van der Waals surface area contributed by atoms with Crippen molar-refractivity contribution >= 4 is 44.5 Å². The maximum Gasteiger partial charge on any atom is 0.0374 e. The van der Waals surface area contributed by atoms with Crippen molar-refractivity contribution in [2.24, 2.45) is 0 Å². The van der Waals surface area contributed by atoms with Crippen LogP contribution in [0.25, 0.3) is 16.8 Å². The smallest absolute Gasteiger partial charge is 0.0374 e. The lowest BCUT2D eigenvalue weighted by Gasteiger charge is -2.17. The van der Waals surface area contributed by atoms with E-state index in [0.29, 0.717) is 5.25 Å². The lowest BCUT2D eigenvalue weighted by molar-refractivity contribution is 1.25. The molecule has 1 aliphatic rings. The van der Waals surface area contributed by atoms with Gasteiger partial charge in [0.2, 0.25) is 0 Å². The highest BCUT2D eigenvalue weighted by atomic mass is 79.9. The summed E-state index contributed by atoms with van der Waals surface area (Å²) in [7, 11) is 0. The third-order valence-corrected chi connectivity index (χ3v) is 5.16. The Labute approximate surface area is 108 Å². The van der Waals surface area contributed by atoms with E-state index in [-0.39, 0.29) is 0 Å². The van der Waals surface area contributed by atoms with Crippen molar-refractivity contribution in [2.45, 2.75) is 10.1 Å². The summed E-state index contributed by atoms with van der Waals surface area (Å²) < 4.78 is 0. The van der Waals surface area contributed by atoms with Crippen molar-refractivity contribution in [1.82, 2.24) is 0 Å². The molecule has 2 aromatic rings. The first-order valence-electron chi connectivity index (χ1n) is 5.30. The zero-order valence-electron chi connectivity index (χ0n) is 8.69. The van der Waals surface area contributed by atoms with Crippen LogP contribution in [0, 0.1) is 0 Å². The Morgan fingerprint density at radius 3 is 2.62 bits per heavy atom. The Balaban J connectivity index is 2.16. The van der Waals surface area contributed by atoms with Crippen LogP contribution in [0.3, 0.4) is 0 Å². The van der Waals surface area contributed by atoms with Gasteiger partial charge in [-0.1, -0.05) is 52.3 Å². The third kappa shape index (κ3) is 1.80. The largest absolute Gasteiger partial charge is 0.117 e. The zero-order valence-corrected chi connectivity index (χ0v) is 11.1. The van der Waals surface area contributed by atoms with Gasteiger partial charge in [-0.15, -0.1) is 11.8 Å². The molecule has 0 radical (unpaired) electrons. The molecule has 0 fully saturated rings. The fraction of sp³-hybridized carbons (Fsp3) is 0.143. The third-order valence-electron chi connectivity index (χ3n) is 2.80. The number of hydrogen-bond donors (Lipinski definition) is 0. The van der Waals surface area contributed by atoms with Gasteiger partial charge in [0, 0.05) is 15.5 Å². The number of halogens is 1. The minimum Gasteiger partial charge on any atom is -0.117 e. The highest BCUT2D eigenvalue weighted by Gasteiger charge is 2.13. The Hall–Kier alpha value is -0.730. The molecule has 0 aliphatic carbocycles. The first kappa shape index (κ1) is 10.4. The maximum atomic E-state index is 3.54. The van der Waals surface area contributed by atoms with E-state index in [1.807, 2.05) is 11.8 Å². The fourth-order valence-corrected chi connectivity index (χ4v) is 3.58. The summed E-state index contributed by atoms with van der Waals surface area (Å²) in [6.07, 6.45) is 4.51. The summed E-state index contributed by atoms with van der Waals surface area (Å²) in [6, 6.07) is 13.1. The van der Waals surface area contributed by atoms with Crippen LogP contribution in [0.2, 0.25) is 0 Å². The number of rotatable bonds is 1. The molecule has 0 saturated carbocycles. The summed E-state index contributed by atoms with van der Waals surface area (Å²) in [5.41, 5.74) is 1.35. The minimum atomic E-state index is 0.564. The molecule has 1 heterocycles. The SMILES string of the molecule is BrCC1C=Cc2cc3ccccc3cc2S1. The Morgan fingerprint density at radius 2 is 1.88 bits per heavy atom. The summed E-state index contributed by atoms with van der Waals surface area (Å²) in [4.78, 5) is 1.39. The molecule has 0 amide bonds. The second kappa shape index (κ2) is 4.27. The van der Waals surface area contributed by atoms with Crippen LogP contribution in [0.1, 0.15) is 5.56 Å². The first-order valence-corrected chi connectivity index (χ1v) is 7.30. The molecule has 0 saturated heterocycles. The minimum absolute atomic E-state index is 0.564. The van der Waals surface area contributed by atoms with Gasteiger partial charge in [0.15, 0.2) is 0 Å². The van der Waals surface area contributed by atoms with E-state index in [4.69, 9.17) is 0 Å². The van der Waals surface area contributed by atoms with Crippen LogP contribution in [-0.4, -0.2) is 10.6 Å². The van der Waals surface area contributed by atoms with Crippen molar-refractivity contribution in [1.29, 1.82) is 0 Å². The Bertz CT molecular complexity index is 560. The van der Waals surface area contributed by atoms with Crippen molar-refractivity contribution < 1.29 is 0 Å². The van der Waals surface area contributed by atoms with Gasteiger partial charge in [-0.2, -0.15) is 0 Å². The van der Waals surface area contributed by atoms with E-state index in [2.05, 4.69) is 64.5 Å². The summed E-state index contributed by atoms with van der Waals surface area (Å²) in [6.45, 7) is 0. The highest BCUT2D eigenvalue weighted by molar-refractivity contribution is 9.09. The molecular formula is C14H11BrS. The number of benzene rings is 2. The van der Waals surface area contributed by atoms with Gasteiger partial charge in [-0.05, 0) is 28.5 Å². The predicted molar refractivity (Wildman–Crippen MR) is 76.4 cm³/mol. The number of alkyl halides is 1. The van der Waals surface area contributed by atoms with Crippen molar-refractivity contribution in [3.63, 3.8) is 0 Å². The molecule has 3 rings (SSSR count). The monoisotopic (exact) mass is 290 g/mol. The number of fused-ring (bicyclic) bond motifs is 2. The van der Waals surface area contributed by atoms with Crippen LogP contribution >= 0.6 is 27.7 Å². The van der Waals surface area contributed by atoms with Crippen LogP contribution in [0.15, 0.2) is 47.4 Å². The zero-order chi connectivity index (χ0) is 11.0. The van der Waals surface area contributed by atoms with Crippen LogP contribution < -0.4 is 0 Å². The second-order valence-electron chi connectivity index (χ2n) is 3.91. The molecule has 0 nitrogen and oxygen atoms in total. The average Bonchev–Trinajstić information content (AvgIpc) is 2.35. The molecule has 2 aromatic carbocycles. The van der Waals surface area contributed by atoms with E-state index in [9.17, 15) is 0 Å². The number of thioether (sulfide) groups is 1. The predicted octanol–water partition coefficient (Wildman–Crippen LogP) is 4.72. The molecule has 80 valence electrons. The highest BCUT2D eigenvalue weighted by Crippen LogP contribution is 2.36. The number of hydrogen-bond acceptors (Lipinski definition) is 1. The van der Waals surface area contributed by atoms with Gasteiger partial charge in [-0.3, -0.25) is 0 Å². The van der Waals surface area contributed by atoms with Gasteiger partial charge in [0.05, 0.1) is 0 Å². The average molecular weight is 291 g/mol. The Kier molecular flexibility index (Phi) is 2.78. The topological polar surface area (TPSA) is 0 Å². The van der Waals surface area contributed by atoms with E-state index < -0.39 is 0 Å². The molecular weight excluding hydrogens is 280 g/mol. The van der Waals surface area contributed by atoms with Crippen LogP contribution in [0.4, 0.5) is 0 Å². The van der Waals surface area contributed by atoms with E-state index in [1.54, 1.807) is 0 Å². The van der Waals surface area contributed by atoms with E-state index in [1.165, 1.54) is 21.2 Å². The molecule has 1 unspecified atom stereocenters. The Morgan fingerprint density at radius 1 is 1.12 bits per heavy atom. The van der Waals surface area contributed by atoms with E-state index in [0.717, 1.165) is 5.33 Å². The van der Waals surface area contributed by atoms with Crippen molar-refractivity contribution in [3.05, 3.63) is 48.0 Å². The summed E-state index contributed by atoms with van der Waals surface area (Å²) in [5.74, 6) is 0. The molecule has 1 aliphatic heterocycles.